The fourth-order valence-corrected chi connectivity index (χ4v) is 4.00. The number of rotatable bonds is 4. The largest absolute Gasteiger partial charge is 0.491 e. The molecule has 4 atom stereocenters. The van der Waals surface area contributed by atoms with E-state index in [2.05, 4.69) is 62.2 Å². The van der Waals surface area contributed by atoms with Gasteiger partial charge in [-0.3, -0.25) is 4.90 Å². The van der Waals surface area contributed by atoms with Gasteiger partial charge in [-0.05, 0) is 70.3 Å². The van der Waals surface area contributed by atoms with Crippen LogP contribution >= 0.6 is 0 Å². The monoisotopic (exact) mass is 288 g/mol. The Balaban J connectivity index is 1.69. The van der Waals surface area contributed by atoms with Crippen molar-refractivity contribution in [2.24, 2.45) is 11.8 Å². The molecule has 0 aliphatic carbocycles. The highest BCUT2D eigenvalue weighted by molar-refractivity contribution is 5.29. The van der Waals surface area contributed by atoms with Crippen molar-refractivity contribution in [1.29, 1.82) is 0 Å². The first-order valence-corrected chi connectivity index (χ1v) is 8.29. The fraction of sp³-hybridized carbons (Fsp3) is 0.667. The minimum atomic E-state index is 0.235. The van der Waals surface area contributed by atoms with Gasteiger partial charge in [0, 0.05) is 18.6 Å². The first-order chi connectivity index (χ1) is 10.1. The summed E-state index contributed by atoms with van der Waals surface area (Å²) < 4.78 is 5.73. The van der Waals surface area contributed by atoms with Gasteiger partial charge < -0.3 is 10.1 Å². The van der Waals surface area contributed by atoms with Crippen LogP contribution in [0.4, 0.5) is 0 Å². The first-order valence-electron chi connectivity index (χ1n) is 8.29. The van der Waals surface area contributed by atoms with Crippen molar-refractivity contribution >= 4 is 0 Å². The zero-order valence-electron chi connectivity index (χ0n) is 13.7. The highest BCUT2D eigenvalue weighted by atomic mass is 16.5. The molecule has 4 unspecified atom stereocenters. The van der Waals surface area contributed by atoms with Crippen molar-refractivity contribution in [2.75, 3.05) is 19.6 Å². The lowest BCUT2D eigenvalue weighted by Gasteiger charge is -2.31. The summed E-state index contributed by atoms with van der Waals surface area (Å²) in [7, 11) is 0. The van der Waals surface area contributed by atoms with Gasteiger partial charge in [-0.15, -0.1) is 0 Å². The van der Waals surface area contributed by atoms with E-state index in [0.717, 1.165) is 17.6 Å². The number of hydrogen-bond acceptors (Lipinski definition) is 3. The maximum absolute atomic E-state index is 5.73. The zero-order valence-corrected chi connectivity index (χ0v) is 13.7. The highest BCUT2D eigenvalue weighted by Crippen LogP contribution is 2.37. The van der Waals surface area contributed by atoms with Crippen LogP contribution in [0.1, 0.15) is 39.3 Å². The van der Waals surface area contributed by atoms with Crippen molar-refractivity contribution in [3.63, 3.8) is 0 Å². The van der Waals surface area contributed by atoms with Gasteiger partial charge in [0.2, 0.25) is 0 Å². The third kappa shape index (κ3) is 2.95. The summed E-state index contributed by atoms with van der Waals surface area (Å²) in [6.45, 7) is 12.5. The first kappa shape index (κ1) is 14.9. The van der Waals surface area contributed by atoms with Gasteiger partial charge in [0.1, 0.15) is 5.75 Å². The Hall–Kier alpha value is -1.06. The zero-order chi connectivity index (χ0) is 15.0. The predicted molar refractivity (Wildman–Crippen MR) is 86.6 cm³/mol. The molecular formula is C18H28N2O. The molecular weight excluding hydrogens is 260 g/mol. The molecule has 0 aromatic heterocycles. The maximum Gasteiger partial charge on any atom is 0.119 e. The van der Waals surface area contributed by atoms with Crippen molar-refractivity contribution in [2.45, 2.75) is 45.9 Å². The Morgan fingerprint density at radius 1 is 1.14 bits per heavy atom. The van der Waals surface area contributed by atoms with Crippen molar-refractivity contribution in [3.8, 4) is 5.75 Å². The SMILES string of the molecule is CC(C)Oc1ccc(C(C)N2CC3CNCC3C2C)cc1. The smallest absolute Gasteiger partial charge is 0.119 e. The van der Waals surface area contributed by atoms with Crippen LogP contribution in [-0.2, 0) is 0 Å². The Kier molecular flexibility index (Phi) is 4.23. The molecule has 1 aromatic carbocycles. The molecule has 1 N–H and O–H groups in total. The molecule has 116 valence electrons. The summed E-state index contributed by atoms with van der Waals surface area (Å²) in [5, 5.41) is 3.54. The lowest BCUT2D eigenvalue weighted by molar-refractivity contribution is 0.182. The second kappa shape index (κ2) is 5.98. The standard InChI is InChI=1S/C18H28N2O/c1-12(2)21-17-7-5-15(6-8-17)13(3)20-11-16-9-19-10-18(16)14(20)4/h5-8,12-14,16,18-19H,9-11H2,1-4H3. The summed E-state index contributed by atoms with van der Waals surface area (Å²) in [5.74, 6) is 2.64. The molecule has 0 saturated carbocycles. The molecule has 1 aromatic rings. The highest BCUT2D eigenvalue weighted by Gasteiger charge is 2.43. The summed E-state index contributed by atoms with van der Waals surface area (Å²) in [5.41, 5.74) is 1.39. The van der Waals surface area contributed by atoms with E-state index in [1.165, 1.54) is 25.2 Å². The van der Waals surface area contributed by atoms with E-state index in [-0.39, 0.29) is 6.10 Å². The van der Waals surface area contributed by atoms with Crippen LogP contribution in [0, 0.1) is 11.8 Å². The minimum Gasteiger partial charge on any atom is -0.491 e. The normalized spacial score (nSPS) is 30.6. The Bertz CT molecular complexity index is 471. The molecule has 3 nitrogen and oxygen atoms in total. The Labute approximate surface area is 128 Å². The third-order valence-electron chi connectivity index (χ3n) is 5.21. The molecule has 3 heteroatoms. The van der Waals surface area contributed by atoms with Crippen LogP contribution in [-0.4, -0.2) is 36.7 Å². The van der Waals surface area contributed by atoms with Gasteiger partial charge in [0.15, 0.2) is 0 Å². The van der Waals surface area contributed by atoms with Gasteiger partial charge in [0.25, 0.3) is 0 Å². The minimum absolute atomic E-state index is 0.235. The van der Waals surface area contributed by atoms with Crippen LogP contribution in [0.25, 0.3) is 0 Å². The van der Waals surface area contributed by atoms with Crippen LogP contribution in [0.15, 0.2) is 24.3 Å². The Morgan fingerprint density at radius 2 is 1.86 bits per heavy atom. The van der Waals surface area contributed by atoms with E-state index < -0.39 is 0 Å². The topological polar surface area (TPSA) is 24.5 Å². The molecule has 0 spiro atoms. The number of hydrogen-bond donors (Lipinski definition) is 1. The van der Waals surface area contributed by atoms with Gasteiger partial charge in [-0.1, -0.05) is 12.1 Å². The van der Waals surface area contributed by atoms with E-state index in [0.29, 0.717) is 12.1 Å². The Morgan fingerprint density at radius 3 is 2.48 bits per heavy atom. The summed E-state index contributed by atoms with van der Waals surface area (Å²) >= 11 is 0. The number of nitrogens with one attached hydrogen (secondary N) is 1. The van der Waals surface area contributed by atoms with Crippen molar-refractivity contribution < 1.29 is 4.74 Å². The van der Waals surface area contributed by atoms with Crippen molar-refractivity contribution in [1.82, 2.24) is 10.2 Å². The number of ether oxygens (including phenoxy) is 1. The average molecular weight is 288 g/mol. The van der Waals surface area contributed by atoms with Crippen LogP contribution in [0.5, 0.6) is 5.75 Å². The van der Waals surface area contributed by atoms with E-state index in [1.54, 1.807) is 0 Å². The molecule has 2 heterocycles. The van der Waals surface area contributed by atoms with E-state index in [9.17, 15) is 0 Å². The average Bonchev–Trinajstić information content (AvgIpc) is 3.02. The predicted octanol–water partition coefficient (Wildman–Crippen LogP) is 3.07. The van der Waals surface area contributed by atoms with Crippen molar-refractivity contribution in [3.05, 3.63) is 29.8 Å². The molecule has 2 fully saturated rings. The van der Waals surface area contributed by atoms with Crippen LogP contribution < -0.4 is 10.1 Å². The molecule has 0 radical (unpaired) electrons. The number of fused-ring (bicyclic) bond motifs is 1. The summed E-state index contributed by atoms with van der Waals surface area (Å²) in [4.78, 5) is 2.68. The second-order valence-electron chi connectivity index (χ2n) is 6.93. The lowest BCUT2D eigenvalue weighted by atomic mass is 9.95. The van der Waals surface area contributed by atoms with Gasteiger partial charge >= 0.3 is 0 Å². The van der Waals surface area contributed by atoms with Crippen LogP contribution in [0.3, 0.4) is 0 Å². The maximum atomic E-state index is 5.73. The molecule has 2 aliphatic heterocycles. The van der Waals surface area contributed by atoms with E-state index >= 15 is 0 Å². The van der Waals surface area contributed by atoms with Gasteiger partial charge in [0.05, 0.1) is 6.10 Å². The van der Waals surface area contributed by atoms with E-state index in [1.807, 2.05) is 0 Å². The lowest BCUT2D eigenvalue weighted by Crippen LogP contribution is -2.35. The third-order valence-corrected chi connectivity index (χ3v) is 5.21. The number of nitrogens with zero attached hydrogens (tertiary/aromatic N) is 1. The number of likely N-dealkylation sites (tertiary alicyclic amines) is 1. The molecule has 2 aliphatic rings. The van der Waals surface area contributed by atoms with Crippen LogP contribution in [0.2, 0.25) is 0 Å². The van der Waals surface area contributed by atoms with Gasteiger partial charge in [-0.25, -0.2) is 0 Å². The summed E-state index contributed by atoms with van der Waals surface area (Å²) in [6.07, 6.45) is 0.235. The molecule has 3 rings (SSSR count). The quantitative estimate of drug-likeness (QED) is 0.921. The van der Waals surface area contributed by atoms with E-state index in [4.69, 9.17) is 4.74 Å². The molecule has 2 saturated heterocycles. The molecule has 0 amide bonds. The molecule has 0 bridgehead atoms. The fourth-order valence-electron chi connectivity index (χ4n) is 4.00. The molecule has 21 heavy (non-hydrogen) atoms. The second-order valence-corrected chi connectivity index (χ2v) is 6.93. The number of benzene rings is 1. The summed E-state index contributed by atoms with van der Waals surface area (Å²) in [6, 6.07) is 9.82. The van der Waals surface area contributed by atoms with Gasteiger partial charge in [-0.2, -0.15) is 0 Å².